The molecule has 0 radical (unpaired) electrons. The van der Waals surface area contributed by atoms with E-state index in [9.17, 15) is 5.11 Å². The summed E-state index contributed by atoms with van der Waals surface area (Å²) in [4.78, 5) is 0. The van der Waals surface area contributed by atoms with E-state index in [-0.39, 0.29) is 5.41 Å². The van der Waals surface area contributed by atoms with E-state index in [4.69, 9.17) is 4.74 Å². The number of aliphatic hydroxyl groups is 1. The van der Waals surface area contributed by atoms with E-state index < -0.39 is 0 Å². The first-order chi connectivity index (χ1) is 6.29. The second-order valence-corrected chi connectivity index (χ2v) is 4.77. The minimum absolute atomic E-state index is 0.239. The van der Waals surface area contributed by atoms with Gasteiger partial charge in [0.05, 0.1) is 0 Å². The standard InChI is InChI=1S/C11H20O2/c1-2-13-4-3-11(8-12)6-9-5-10(9)7-11/h9-10,12H,2-8H2,1H3. The topological polar surface area (TPSA) is 29.5 Å². The Hall–Kier alpha value is -0.0800. The van der Waals surface area contributed by atoms with Gasteiger partial charge in [-0.05, 0) is 49.9 Å². The molecule has 0 aliphatic heterocycles. The zero-order valence-electron chi connectivity index (χ0n) is 8.46. The molecule has 2 aliphatic carbocycles. The van der Waals surface area contributed by atoms with Crippen molar-refractivity contribution in [3.05, 3.63) is 0 Å². The summed E-state index contributed by atoms with van der Waals surface area (Å²) in [5.74, 6) is 1.91. The number of rotatable bonds is 5. The van der Waals surface area contributed by atoms with E-state index in [1.807, 2.05) is 6.92 Å². The van der Waals surface area contributed by atoms with Crippen LogP contribution in [0.1, 0.15) is 32.6 Å². The largest absolute Gasteiger partial charge is 0.396 e. The Morgan fingerprint density at radius 3 is 2.62 bits per heavy atom. The van der Waals surface area contributed by atoms with Gasteiger partial charge in [0.2, 0.25) is 0 Å². The SMILES string of the molecule is CCOCCC1(CO)CC2CC2C1. The van der Waals surface area contributed by atoms with Gasteiger partial charge in [-0.1, -0.05) is 0 Å². The zero-order valence-corrected chi connectivity index (χ0v) is 8.46. The lowest BCUT2D eigenvalue weighted by molar-refractivity contribution is 0.0569. The molecule has 76 valence electrons. The Morgan fingerprint density at radius 1 is 1.38 bits per heavy atom. The molecule has 0 amide bonds. The van der Waals surface area contributed by atoms with Crippen molar-refractivity contribution in [1.29, 1.82) is 0 Å². The molecular formula is C11H20O2. The highest BCUT2D eigenvalue weighted by molar-refractivity contribution is 5.02. The fourth-order valence-electron chi connectivity index (χ4n) is 2.85. The Balaban J connectivity index is 1.78. The van der Waals surface area contributed by atoms with Gasteiger partial charge in [0.15, 0.2) is 0 Å². The molecule has 0 saturated heterocycles. The molecular weight excluding hydrogens is 164 g/mol. The number of fused-ring (bicyclic) bond motifs is 1. The summed E-state index contributed by atoms with van der Waals surface area (Å²) in [5, 5.41) is 9.40. The van der Waals surface area contributed by atoms with Crippen molar-refractivity contribution in [3.8, 4) is 0 Å². The maximum atomic E-state index is 9.40. The summed E-state index contributed by atoms with van der Waals surface area (Å²) in [6, 6.07) is 0. The highest BCUT2D eigenvalue weighted by Gasteiger charge is 2.52. The van der Waals surface area contributed by atoms with Crippen LogP contribution in [0.3, 0.4) is 0 Å². The molecule has 13 heavy (non-hydrogen) atoms. The van der Waals surface area contributed by atoms with Gasteiger partial charge in [-0.2, -0.15) is 0 Å². The molecule has 2 atom stereocenters. The Bertz CT molecular complexity index is 169. The van der Waals surface area contributed by atoms with Crippen LogP contribution in [0.25, 0.3) is 0 Å². The lowest BCUT2D eigenvalue weighted by Crippen LogP contribution is -2.25. The summed E-state index contributed by atoms with van der Waals surface area (Å²) < 4.78 is 5.36. The molecule has 2 fully saturated rings. The van der Waals surface area contributed by atoms with Crippen molar-refractivity contribution >= 4 is 0 Å². The third-order valence-corrected chi connectivity index (χ3v) is 3.78. The van der Waals surface area contributed by atoms with Crippen LogP contribution < -0.4 is 0 Å². The van der Waals surface area contributed by atoms with Gasteiger partial charge < -0.3 is 9.84 Å². The maximum absolute atomic E-state index is 9.40. The molecule has 0 bridgehead atoms. The van der Waals surface area contributed by atoms with E-state index in [2.05, 4.69) is 0 Å². The molecule has 0 aromatic carbocycles. The number of aliphatic hydroxyl groups excluding tert-OH is 1. The number of ether oxygens (including phenoxy) is 1. The molecule has 2 saturated carbocycles. The summed E-state index contributed by atoms with van der Waals surface area (Å²) in [6.07, 6.45) is 4.99. The van der Waals surface area contributed by atoms with Crippen molar-refractivity contribution in [2.75, 3.05) is 19.8 Å². The van der Waals surface area contributed by atoms with Crippen LogP contribution in [0.15, 0.2) is 0 Å². The van der Waals surface area contributed by atoms with Crippen molar-refractivity contribution in [2.45, 2.75) is 32.6 Å². The summed E-state index contributed by atoms with van der Waals surface area (Å²) in [6.45, 7) is 4.02. The molecule has 0 spiro atoms. The van der Waals surface area contributed by atoms with Crippen LogP contribution >= 0.6 is 0 Å². The van der Waals surface area contributed by atoms with E-state index in [1.54, 1.807) is 0 Å². The van der Waals surface area contributed by atoms with Crippen molar-refractivity contribution in [2.24, 2.45) is 17.3 Å². The third-order valence-electron chi connectivity index (χ3n) is 3.78. The van der Waals surface area contributed by atoms with Crippen LogP contribution in [0.2, 0.25) is 0 Å². The lowest BCUT2D eigenvalue weighted by Gasteiger charge is -2.28. The molecule has 2 aliphatic rings. The van der Waals surface area contributed by atoms with Crippen LogP contribution in [0.5, 0.6) is 0 Å². The maximum Gasteiger partial charge on any atom is 0.0488 e. The van der Waals surface area contributed by atoms with Gasteiger partial charge in [0.25, 0.3) is 0 Å². The Kier molecular flexibility index (Phi) is 2.61. The number of hydrogen-bond donors (Lipinski definition) is 1. The predicted molar refractivity (Wildman–Crippen MR) is 51.5 cm³/mol. The molecule has 0 aromatic rings. The zero-order chi connectivity index (χ0) is 9.31. The van der Waals surface area contributed by atoms with Gasteiger partial charge in [-0.3, -0.25) is 0 Å². The summed E-state index contributed by atoms with van der Waals surface area (Å²) >= 11 is 0. The molecule has 2 nitrogen and oxygen atoms in total. The van der Waals surface area contributed by atoms with Crippen LogP contribution in [0.4, 0.5) is 0 Å². The van der Waals surface area contributed by atoms with E-state index in [0.29, 0.717) is 6.61 Å². The summed E-state index contributed by atoms with van der Waals surface area (Å²) in [5.41, 5.74) is 0.239. The second kappa shape index (κ2) is 3.58. The molecule has 2 rings (SSSR count). The quantitative estimate of drug-likeness (QED) is 0.660. The third kappa shape index (κ3) is 1.89. The summed E-state index contributed by atoms with van der Waals surface area (Å²) in [7, 11) is 0. The van der Waals surface area contributed by atoms with Crippen LogP contribution in [-0.2, 0) is 4.74 Å². The van der Waals surface area contributed by atoms with E-state index in [0.717, 1.165) is 31.5 Å². The molecule has 0 heterocycles. The lowest BCUT2D eigenvalue weighted by atomic mass is 9.81. The normalized spacial score (nSPS) is 42.0. The second-order valence-electron chi connectivity index (χ2n) is 4.77. The molecule has 2 heteroatoms. The average molecular weight is 184 g/mol. The fraction of sp³-hybridized carbons (Fsp3) is 1.00. The van der Waals surface area contributed by atoms with Gasteiger partial charge >= 0.3 is 0 Å². The van der Waals surface area contributed by atoms with Gasteiger partial charge in [-0.15, -0.1) is 0 Å². The number of hydrogen-bond acceptors (Lipinski definition) is 2. The van der Waals surface area contributed by atoms with Crippen LogP contribution in [0, 0.1) is 17.3 Å². The Morgan fingerprint density at radius 2 is 2.08 bits per heavy atom. The van der Waals surface area contributed by atoms with Gasteiger partial charge in [0, 0.05) is 19.8 Å². The fourth-order valence-corrected chi connectivity index (χ4v) is 2.85. The average Bonchev–Trinajstić information content (AvgIpc) is 2.76. The van der Waals surface area contributed by atoms with Gasteiger partial charge in [-0.25, -0.2) is 0 Å². The smallest absolute Gasteiger partial charge is 0.0488 e. The predicted octanol–water partition coefficient (Wildman–Crippen LogP) is 1.82. The minimum Gasteiger partial charge on any atom is -0.396 e. The van der Waals surface area contributed by atoms with Crippen molar-refractivity contribution < 1.29 is 9.84 Å². The van der Waals surface area contributed by atoms with Crippen molar-refractivity contribution in [3.63, 3.8) is 0 Å². The highest BCUT2D eigenvalue weighted by Crippen LogP contribution is 2.60. The first-order valence-electron chi connectivity index (χ1n) is 5.48. The minimum atomic E-state index is 0.239. The van der Waals surface area contributed by atoms with Crippen molar-refractivity contribution in [1.82, 2.24) is 0 Å². The van der Waals surface area contributed by atoms with Crippen LogP contribution in [-0.4, -0.2) is 24.9 Å². The first-order valence-corrected chi connectivity index (χ1v) is 5.48. The highest BCUT2D eigenvalue weighted by atomic mass is 16.5. The monoisotopic (exact) mass is 184 g/mol. The van der Waals surface area contributed by atoms with Gasteiger partial charge in [0.1, 0.15) is 0 Å². The van der Waals surface area contributed by atoms with E-state index in [1.165, 1.54) is 19.3 Å². The van der Waals surface area contributed by atoms with E-state index >= 15 is 0 Å². The molecule has 1 N–H and O–H groups in total. The Labute approximate surface area is 80.3 Å². The molecule has 0 aromatic heterocycles. The first kappa shape index (κ1) is 9.47. The molecule has 2 unspecified atom stereocenters.